The number of hydrazone groups is 1. The molecule has 0 bridgehead atoms. The van der Waals surface area contributed by atoms with E-state index in [0.717, 1.165) is 11.1 Å². The number of hydrogen-bond donors (Lipinski definition) is 1. The van der Waals surface area contributed by atoms with Crippen LogP contribution in [0.25, 0.3) is 0 Å². The fourth-order valence-corrected chi connectivity index (χ4v) is 2.71. The summed E-state index contributed by atoms with van der Waals surface area (Å²) in [7, 11) is 0. The van der Waals surface area contributed by atoms with Gasteiger partial charge >= 0.3 is 5.97 Å². The van der Waals surface area contributed by atoms with Gasteiger partial charge in [-0.2, -0.15) is 5.10 Å². The molecule has 31 heavy (non-hydrogen) atoms. The lowest BCUT2D eigenvalue weighted by molar-refractivity contribution is -0.123. The maximum absolute atomic E-state index is 12.3. The molecule has 0 radical (unpaired) electrons. The van der Waals surface area contributed by atoms with E-state index in [4.69, 9.17) is 21.1 Å². The van der Waals surface area contributed by atoms with Crippen LogP contribution in [0.3, 0.4) is 0 Å². The molecule has 0 unspecified atom stereocenters. The molecule has 158 valence electrons. The zero-order valence-electron chi connectivity index (χ0n) is 17.1. The Morgan fingerprint density at radius 2 is 1.74 bits per heavy atom. The summed E-state index contributed by atoms with van der Waals surface area (Å²) in [4.78, 5) is 24.3. The van der Waals surface area contributed by atoms with E-state index >= 15 is 0 Å². The minimum absolute atomic E-state index is 0.174. The highest BCUT2D eigenvalue weighted by Gasteiger charge is 2.11. The molecule has 6 nitrogen and oxygen atoms in total. The van der Waals surface area contributed by atoms with Crippen molar-refractivity contribution in [2.45, 2.75) is 13.8 Å². The molecule has 0 aliphatic heterocycles. The average molecular weight is 437 g/mol. The molecule has 0 spiro atoms. The van der Waals surface area contributed by atoms with Gasteiger partial charge in [0.05, 0.1) is 11.8 Å². The Morgan fingerprint density at radius 3 is 2.48 bits per heavy atom. The van der Waals surface area contributed by atoms with Crippen LogP contribution in [0.2, 0.25) is 5.02 Å². The predicted molar refractivity (Wildman–Crippen MR) is 120 cm³/mol. The minimum Gasteiger partial charge on any atom is -0.484 e. The summed E-state index contributed by atoms with van der Waals surface area (Å²) in [5.74, 6) is -0.0121. The van der Waals surface area contributed by atoms with E-state index in [1.54, 1.807) is 48.5 Å². The van der Waals surface area contributed by atoms with Crippen molar-refractivity contribution in [2.24, 2.45) is 5.10 Å². The van der Waals surface area contributed by atoms with E-state index < -0.39 is 11.9 Å². The quantitative estimate of drug-likeness (QED) is 0.252. The van der Waals surface area contributed by atoms with Gasteiger partial charge in [0.15, 0.2) is 6.61 Å². The third kappa shape index (κ3) is 6.42. The number of rotatable bonds is 7. The summed E-state index contributed by atoms with van der Waals surface area (Å²) in [6, 6.07) is 18.9. The number of halogens is 1. The summed E-state index contributed by atoms with van der Waals surface area (Å²) in [5, 5.41) is 4.45. The Kier molecular flexibility index (Phi) is 7.40. The average Bonchev–Trinajstić information content (AvgIpc) is 2.76. The van der Waals surface area contributed by atoms with Crippen LogP contribution < -0.4 is 14.9 Å². The zero-order valence-corrected chi connectivity index (χ0v) is 17.8. The van der Waals surface area contributed by atoms with Crippen LogP contribution in [0.5, 0.6) is 11.5 Å². The first kappa shape index (κ1) is 22.1. The Hall–Kier alpha value is -3.64. The van der Waals surface area contributed by atoms with Crippen molar-refractivity contribution < 1.29 is 19.1 Å². The summed E-state index contributed by atoms with van der Waals surface area (Å²) in [6.45, 7) is 3.81. The SMILES string of the molecule is Cc1ccc(OCC(=O)N/N=C\c2ccccc2OC(=O)c2ccc(Cl)cc2)cc1C. The van der Waals surface area contributed by atoms with Gasteiger partial charge in [-0.1, -0.05) is 29.8 Å². The van der Waals surface area contributed by atoms with Crippen molar-refractivity contribution in [3.8, 4) is 11.5 Å². The smallest absolute Gasteiger partial charge is 0.343 e. The molecule has 0 atom stereocenters. The van der Waals surface area contributed by atoms with E-state index in [0.29, 0.717) is 27.6 Å². The molecule has 0 aromatic heterocycles. The van der Waals surface area contributed by atoms with Crippen LogP contribution in [0, 0.1) is 13.8 Å². The number of aryl methyl sites for hydroxylation is 2. The van der Waals surface area contributed by atoms with Crippen molar-refractivity contribution in [1.82, 2.24) is 5.43 Å². The van der Waals surface area contributed by atoms with Gasteiger partial charge in [-0.15, -0.1) is 0 Å². The largest absolute Gasteiger partial charge is 0.484 e. The number of ether oxygens (including phenoxy) is 2. The molecule has 3 aromatic rings. The highest BCUT2D eigenvalue weighted by atomic mass is 35.5. The van der Waals surface area contributed by atoms with Crippen molar-refractivity contribution in [3.05, 3.63) is 94.0 Å². The standard InChI is InChI=1S/C24H21ClN2O4/c1-16-7-12-21(13-17(16)2)30-15-23(28)27-26-14-19-5-3-4-6-22(19)31-24(29)18-8-10-20(25)11-9-18/h3-14H,15H2,1-2H3,(H,27,28)/b26-14-. The molecule has 7 heteroatoms. The second kappa shape index (κ2) is 10.4. The van der Waals surface area contributed by atoms with E-state index in [2.05, 4.69) is 10.5 Å². The van der Waals surface area contributed by atoms with E-state index in [-0.39, 0.29) is 6.61 Å². The third-order valence-corrected chi connectivity index (χ3v) is 4.69. The number of benzene rings is 3. The fourth-order valence-electron chi connectivity index (χ4n) is 2.58. The van der Waals surface area contributed by atoms with E-state index in [1.165, 1.54) is 6.21 Å². The number of nitrogens with one attached hydrogen (secondary N) is 1. The number of esters is 1. The molecule has 1 amide bonds. The highest BCUT2D eigenvalue weighted by molar-refractivity contribution is 6.30. The van der Waals surface area contributed by atoms with Crippen LogP contribution in [0.15, 0.2) is 71.8 Å². The number of nitrogens with zero attached hydrogens (tertiary/aromatic N) is 1. The molecule has 0 aliphatic carbocycles. The van der Waals surface area contributed by atoms with Crippen LogP contribution >= 0.6 is 11.6 Å². The molecule has 0 aliphatic rings. The lowest BCUT2D eigenvalue weighted by atomic mass is 10.1. The topological polar surface area (TPSA) is 77.0 Å². The van der Waals surface area contributed by atoms with Crippen LogP contribution in [-0.2, 0) is 4.79 Å². The second-order valence-electron chi connectivity index (χ2n) is 6.76. The molecular weight excluding hydrogens is 416 g/mol. The molecular formula is C24H21ClN2O4. The fraction of sp³-hybridized carbons (Fsp3) is 0.125. The molecule has 0 fully saturated rings. The van der Waals surface area contributed by atoms with Gasteiger partial charge in [0.25, 0.3) is 5.91 Å². The second-order valence-corrected chi connectivity index (χ2v) is 7.20. The number of amides is 1. The molecule has 3 aromatic carbocycles. The predicted octanol–water partition coefficient (Wildman–Crippen LogP) is 4.71. The Bertz CT molecular complexity index is 1110. The Balaban J connectivity index is 1.57. The van der Waals surface area contributed by atoms with Crippen molar-refractivity contribution >= 4 is 29.7 Å². The van der Waals surface area contributed by atoms with Crippen molar-refractivity contribution in [3.63, 3.8) is 0 Å². The number of hydrogen-bond acceptors (Lipinski definition) is 5. The molecule has 0 heterocycles. The maximum Gasteiger partial charge on any atom is 0.343 e. The molecule has 1 N–H and O–H groups in total. The van der Waals surface area contributed by atoms with Gasteiger partial charge in [0.2, 0.25) is 0 Å². The van der Waals surface area contributed by atoms with Gasteiger partial charge in [0, 0.05) is 10.6 Å². The maximum atomic E-state index is 12.3. The number of carbonyl (C=O) groups excluding carboxylic acids is 2. The van der Waals surface area contributed by atoms with Crippen LogP contribution in [0.4, 0.5) is 0 Å². The first-order valence-electron chi connectivity index (χ1n) is 9.51. The summed E-state index contributed by atoms with van der Waals surface area (Å²) in [5.41, 5.74) is 5.53. The van der Waals surface area contributed by atoms with Gasteiger partial charge in [0.1, 0.15) is 11.5 Å². The van der Waals surface area contributed by atoms with Crippen LogP contribution in [0.1, 0.15) is 27.0 Å². The van der Waals surface area contributed by atoms with Crippen LogP contribution in [-0.4, -0.2) is 24.7 Å². The first-order chi connectivity index (χ1) is 14.9. The van der Waals surface area contributed by atoms with Gasteiger partial charge in [-0.05, 0) is 73.5 Å². The van der Waals surface area contributed by atoms with Crippen molar-refractivity contribution in [2.75, 3.05) is 6.61 Å². The molecule has 0 saturated heterocycles. The lowest BCUT2D eigenvalue weighted by Gasteiger charge is -2.08. The minimum atomic E-state index is -0.525. The van der Waals surface area contributed by atoms with E-state index in [1.807, 2.05) is 32.0 Å². The van der Waals surface area contributed by atoms with Gasteiger partial charge in [-0.3, -0.25) is 4.79 Å². The normalized spacial score (nSPS) is 10.7. The zero-order chi connectivity index (χ0) is 22.2. The lowest BCUT2D eigenvalue weighted by Crippen LogP contribution is -2.24. The van der Waals surface area contributed by atoms with Crippen molar-refractivity contribution in [1.29, 1.82) is 0 Å². The summed E-state index contributed by atoms with van der Waals surface area (Å²) < 4.78 is 10.9. The van der Waals surface area contributed by atoms with E-state index in [9.17, 15) is 9.59 Å². The van der Waals surface area contributed by atoms with Gasteiger partial charge in [-0.25, -0.2) is 10.2 Å². The third-order valence-electron chi connectivity index (χ3n) is 4.44. The number of para-hydroxylation sites is 1. The Morgan fingerprint density at radius 1 is 1.00 bits per heavy atom. The monoisotopic (exact) mass is 436 g/mol. The summed E-state index contributed by atoms with van der Waals surface area (Å²) >= 11 is 5.84. The molecule has 0 saturated carbocycles. The molecule has 3 rings (SSSR count). The highest BCUT2D eigenvalue weighted by Crippen LogP contribution is 2.19. The Labute approximate surface area is 185 Å². The van der Waals surface area contributed by atoms with Gasteiger partial charge < -0.3 is 9.47 Å². The summed E-state index contributed by atoms with van der Waals surface area (Å²) in [6.07, 6.45) is 1.40. The number of carbonyl (C=O) groups is 2. The first-order valence-corrected chi connectivity index (χ1v) is 9.89.